The molecule has 0 aliphatic heterocycles. The molecule has 0 heterocycles. The van der Waals surface area contributed by atoms with Crippen LogP contribution < -0.4 is 0 Å². The maximum absolute atomic E-state index is 3.82. The first-order valence-electron chi connectivity index (χ1n) is 5.78. The van der Waals surface area contributed by atoms with Crippen LogP contribution in [-0.4, -0.2) is 11.5 Å². The Morgan fingerprint density at radius 2 is 1.38 bits per heavy atom. The molecule has 0 bridgehead atoms. The molecule has 0 spiro atoms. The molecule has 0 rings (SSSR count). The fourth-order valence-corrected chi connectivity index (χ4v) is 2.05. The fraction of sp³-hybridized carbons (Fsp3) is 0.917. The minimum atomic E-state index is 1.04. The maximum atomic E-state index is 3.82. The van der Waals surface area contributed by atoms with Gasteiger partial charge in [0.1, 0.15) is 0 Å². The van der Waals surface area contributed by atoms with Gasteiger partial charge in [-0.3, -0.25) is 0 Å². The van der Waals surface area contributed by atoms with E-state index in [0.29, 0.717) is 0 Å². The third kappa shape index (κ3) is 12.4. The van der Waals surface area contributed by atoms with Gasteiger partial charge in [-0.15, -0.1) is 0 Å². The van der Waals surface area contributed by atoms with Gasteiger partial charge in [0.05, 0.1) is 0 Å². The van der Waals surface area contributed by atoms with E-state index in [1.165, 1.54) is 57.1 Å². The zero-order valence-electron chi connectivity index (χ0n) is 9.19. The number of hydrogen-bond acceptors (Lipinski definition) is 1. The van der Waals surface area contributed by atoms with Crippen LogP contribution in [0.3, 0.4) is 0 Å². The van der Waals surface area contributed by atoms with Crippen molar-refractivity contribution < 1.29 is 0 Å². The summed E-state index contributed by atoms with van der Waals surface area (Å²) in [5.74, 6) is 2.36. The Balaban J connectivity index is 2.76. The number of thioether (sulfide) groups is 1. The lowest BCUT2D eigenvalue weighted by Crippen LogP contribution is -1.83. The molecule has 0 fully saturated rings. The minimum absolute atomic E-state index is 1.04. The Hall–Kier alpha value is 0.350. The molecule has 0 saturated carbocycles. The molecule has 79 valence electrons. The van der Waals surface area contributed by atoms with E-state index in [1.807, 2.05) is 11.8 Å². The highest BCUT2D eigenvalue weighted by Crippen LogP contribution is 2.10. The van der Waals surface area contributed by atoms with E-state index < -0.39 is 0 Å². The average Bonchev–Trinajstić information content (AvgIpc) is 2.16. The van der Waals surface area contributed by atoms with Gasteiger partial charge in [-0.2, -0.15) is 11.8 Å². The zero-order valence-corrected chi connectivity index (χ0v) is 10.0. The summed E-state index contributed by atoms with van der Waals surface area (Å²) in [7, 11) is 0. The molecule has 13 heavy (non-hydrogen) atoms. The number of rotatable bonds is 10. The van der Waals surface area contributed by atoms with Gasteiger partial charge in [0, 0.05) is 0 Å². The van der Waals surface area contributed by atoms with Crippen LogP contribution in [0.25, 0.3) is 0 Å². The lowest BCUT2D eigenvalue weighted by atomic mass is 10.1. The Labute approximate surface area is 88.9 Å². The van der Waals surface area contributed by atoms with Crippen molar-refractivity contribution in [3.8, 4) is 0 Å². The second-order valence-corrected chi connectivity index (χ2v) is 4.81. The molecule has 0 N–H and O–H groups in total. The Morgan fingerprint density at radius 3 is 1.92 bits per heavy atom. The number of unbranched alkanes of at least 4 members (excludes halogenated alkanes) is 7. The first-order valence-corrected chi connectivity index (χ1v) is 6.94. The van der Waals surface area contributed by atoms with E-state index in [4.69, 9.17) is 0 Å². The van der Waals surface area contributed by atoms with Crippen molar-refractivity contribution in [2.75, 3.05) is 11.5 Å². The highest BCUT2D eigenvalue weighted by molar-refractivity contribution is 7.99. The first kappa shape index (κ1) is 13.4. The van der Waals surface area contributed by atoms with Gasteiger partial charge in [0.25, 0.3) is 0 Å². The molecule has 1 radical (unpaired) electrons. The molecule has 0 nitrogen and oxygen atoms in total. The molecule has 0 aromatic carbocycles. The van der Waals surface area contributed by atoms with Crippen LogP contribution in [0.4, 0.5) is 0 Å². The summed E-state index contributed by atoms with van der Waals surface area (Å²) in [4.78, 5) is 0. The van der Waals surface area contributed by atoms with Crippen LogP contribution in [-0.2, 0) is 0 Å². The number of hydrogen-bond donors (Lipinski definition) is 0. The summed E-state index contributed by atoms with van der Waals surface area (Å²) < 4.78 is 0. The summed E-state index contributed by atoms with van der Waals surface area (Å²) in [5, 5.41) is 0. The summed E-state index contributed by atoms with van der Waals surface area (Å²) in [6.45, 7) is 6.09. The van der Waals surface area contributed by atoms with Gasteiger partial charge in [-0.25, -0.2) is 0 Å². The van der Waals surface area contributed by atoms with Gasteiger partial charge in [0.15, 0.2) is 0 Å². The highest BCUT2D eigenvalue weighted by atomic mass is 32.2. The largest absolute Gasteiger partial charge is 0.162 e. The third-order valence-electron chi connectivity index (χ3n) is 2.29. The molecule has 0 amide bonds. The van der Waals surface area contributed by atoms with Crippen LogP contribution in [0.5, 0.6) is 0 Å². The first-order chi connectivity index (χ1) is 6.41. The normalized spacial score (nSPS) is 10.6. The van der Waals surface area contributed by atoms with Crippen LogP contribution in [0.2, 0.25) is 0 Å². The Kier molecular flexibility index (Phi) is 12.7. The van der Waals surface area contributed by atoms with Crippen LogP contribution in [0.15, 0.2) is 0 Å². The second-order valence-electron chi connectivity index (χ2n) is 3.59. The molecular formula is C12H25S. The minimum Gasteiger partial charge on any atom is -0.162 e. The van der Waals surface area contributed by atoms with E-state index in [0.717, 1.165) is 5.75 Å². The lowest BCUT2D eigenvalue weighted by Gasteiger charge is -2.00. The summed E-state index contributed by atoms with van der Waals surface area (Å²) >= 11 is 1.97. The molecular weight excluding hydrogens is 176 g/mol. The second kappa shape index (κ2) is 12.3. The van der Waals surface area contributed by atoms with E-state index in [1.54, 1.807) is 0 Å². The summed E-state index contributed by atoms with van der Waals surface area (Å²) in [6.07, 6.45) is 11.4. The molecule has 0 saturated heterocycles. The highest BCUT2D eigenvalue weighted by Gasteiger charge is 1.91. The van der Waals surface area contributed by atoms with Crippen LogP contribution >= 0.6 is 11.8 Å². The summed E-state index contributed by atoms with van der Waals surface area (Å²) in [5.41, 5.74) is 0. The van der Waals surface area contributed by atoms with Crippen molar-refractivity contribution in [2.45, 2.75) is 58.3 Å². The van der Waals surface area contributed by atoms with Gasteiger partial charge >= 0.3 is 0 Å². The van der Waals surface area contributed by atoms with Gasteiger partial charge in [-0.05, 0) is 24.9 Å². The van der Waals surface area contributed by atoms with E-state index in [2.05, 4.69) is 13.8 Å². The smallest absolute Gasteiger partial charge is 0.00672 e. The molecule has 0 aromatic rings. The van der Waals surface area contributed by atoms with Crippen molar-refractivity contribution in [2.24, 2.45) is 0 Å². The standard InChI is InChI=1S/C12H25S/c1-3-5-6-7-8-9-10-11-12-13-4-2/h2-12H2,1H3. The average molecular weight is 201 g/mol. The molecule has 0 unspecified atom stereocenters. The van der Waals surface area contributed by atoms with Crippen molar-refractivity contribution in [3.63, 3.8) is 0 Å². The predicted molar refractivity (Wildman–Crippen MR) is 65.3 cm³/mol. The third-order valence-corrected chi connectivity index (χ3v) is 3.15. The fourth-order valence-electron chi connectivity index (χ4n) is 1.44. The molecule has 0 aliphatic carbocycles. The monoisotopic (exact) mass is 201 g/mol. The Morgan fingerprint density at radius 1 is 0.846 bits per heavy atom. The van der Waals surface area contributed by atoms with Crippen molar-refractivity contribution >= 4 is 11.8 Å². The van der Waals surface area contributed by atoms with Gasteiger partial charge < -0.3 is 0 Å². The van der Waals surface area contributed by atoms with E-state index in [9.17, 15) is 0 Å². The quantitative estimate of drug-likeness (QED) is 0.462. The SMILES string of the molecule is [CH2]CSCCCCCCCCCC. The lowest BCUT2D eigenvalue weighted by molar-refractivity contribution is 0.586. The molecule has 1 heteroatoms. The van der Waals surface area contributed by atoms with E-state index in [-0.39, 0.29) is 0 Å². The van der Waals surface area contributed by atoms with E-state index >= 15 is 0 Å². The zero-order chi connectivity index (χ0) is 9.78. The van der Waals surface area contributed by atoms with Crippen molar-refractivity contribution in [1.82, 2.24) is 0 Å². The predicted octanol–water partition coefficient (Wildman–Crippen LogP) is 4.69. The topological polar surface area (TPSA) is 0 Å². The maximum Gasteiger partial charge on any atom is -0.00672 e. The van der Waals surface area contributed by atoms with Crippen LogP contribution in [0, 0.1) is 6.92 Å². The molecule has 0 aliphatic rings. The van der Waals surface area contributed by atoms with Crippen molar-refractivity contribution in [1.29, 1.82) is 0 Å². The molecule has 0 aromatic heterocycles. The molecule has 0 atom stereocenters. The van der Waals surface area contributed by atoms with Gasteiger partial charge in [-0.1, -0.05) is 51.9 Å². The van der Waals surface area contributed by atoms with Crippen molar-refractivity contribution in [3.05, 3.63) is 6.92 Å². The Bertz CT molecular complexity index is 71.2. The summed E-state index contributed by atoms with van der Waals surface area (Å²) in [6, 6.07) is 0. The van der Waals surface area contributed by atoms with Crippen LogP contribution in [0.1, 0.15) is 58.3 Å². The van der Waals surface area contributed by atoms with Gasteiger partial charge in [0.2, 0.25) is 0 Å².